The molecule has 1 aliphatic rings. The number of methoxy groups -OCH3 is 1. The van der Waals surface area contributed by atoms with Crippen molar-refractivity contribution in [3.8, 4) is 5.75 Å². The highest BCUT2D eigenvalue weighted by atomic mass is 16.5. The van der Waals surface area contributed by atoms with Gasteiger partial charge in [-0.15, -0.1) is 0 Å². The van der Waals surface area contributed by atoms with Crippen LogP contribution in [0, 0.1) is 0 Å². The lowest BCUT2D eigenvalue weighted by Gasteiger charge is -2.54. The number of carbonyl (C=O) groups is 1. The Morgan fingerprint density at radius 1 is 1.30 bits per heavy atom. The number of ether oxygens (including phenoxy) is 1. The molecule has 0 bridgehead atoms. The minimum atomic E-state index is -0.264. The first-order valence-corrected chi connectivity index (χ1v) is 8.12. The Morgan fingerprint density at radius 2 is 1.91 bits per heavy atom. The van der Waals surface area contributed by atoms with E-state index in [1.165, 1.54) is 0 Å². The molecule has 1 aliphatic heterocycles. The molecular weight excluding hydrogens is 290 g/mol. The minimum Gasteiger partial charge on any atom is -0.497 e. The fourth-order valence-electron chi connectivity index (χ4n) is 3.95. The van der Waals surface area contributed by atoms with Crippen molar-refractivity contribution in [3.63, 3.8) is 0 Å². The van der Waals surface area contributed by atoms with Gasteiger partial charge in [0.15, 0.2) is 0 Å². The van der Waals surface area contributed by atoms with E-state index in [2.05, 4.69) is 33.0 Å². The number of likely N-dealkylation sites (tertiary alicyclic amines) is 1. The highest BCUT2D eigenvalue weighted by molar-refractivity contribution is 5.76. The molecule has 23 heavy (non-hydrogen) atoms. The lowest BCUT2D eigenvalue weighted by atomic mass is 9.77. The topological polar surface area (TPSA) is 67.6 Å². The summed E-state index contributed by atoms with van der Waals surface area (Å²) in [7, 11) is 1.64. The van der Waals surface area contributed by atoms with Gasteiger partial charge in [0.1, 0.15) is 5.75 Å². The van der Waals surface area contributed by atoms with Crippen LogP contribution >= 0.6 is 0 Å². The summed E-state index contributed by atoms with van der Waals surface area (Å²) in [5, 5.41) is 3.04. The molecule has 5 nitrogen and oxygen atoms in total. The summed E-state index contributed by atoms with van der Waals surface area (Å²) >= 11 is 0. The van der Waals surface area contributed by atoms with Crippen molar-refractivity contribution in [3.05, 3.63) is 29.8 Å². The van der Waals surface area contributed by atoms with Gasteiger partial charge >= 0.3 is 6.03 Å². The summed E-state index contributed by atoms with van der Waals surface area (Å²) in [5.74, 6) is 0.793. The Kier molecular flexibility index (Phi) is 4.90. The minimum absolute atomic E-state index is 0.0466. The lowest BCUT2D eigenvalue weighted by molar-refractivity contribution is 0.00298. The fraction of sp³-hybridized carbons (Fsp3) is 0.611. The summed E-state index contributed by atoms with van der Waals surface area (Å²) in [5.41, 5.74) is 6.66. The maximum Gasteiger partial charge on any atom is 0.318 e. The molecule has 128 valence electrons. The second kappa shape index (κ2) is 6.40. The number of nitrogens with two attached hydrogens (primary N) is 1. The van der Waals surface area contributed by atoms with E-state index < -0.39 is 0 Å². The monoisotopic (exact) mass is 319 g/mol. The van der Waals surface area contributed by atoms with Gasteiger partial charge in [-0.05, 0) is 58.2 Å². The largest absolute Gasteiger partial charge is 0.497 e. The molecule has 1 aromatic carbocycles. The van der Waals surface area contributed by atoms with E-state index >= 15 is 0 Å². The zero-order chi connectivity index (χ0) is 17.3. The van der Waals surface area contributed by atoms with Crippen molar-refractivity contribution in [2.24, 2.45) is 5.73 Å². The van der Waals surface area contributed by atoms with E-state index in [0.29, 0.717) is 6.54 Å². The second-order valence-electron chi connectivity index (χ2n) is 7.64. The smallest absolute Gasteiger partial charge is 0.318 e. The fourth-order valence-corrected chi connectivity index (χ4v) is 3.95. The Balaban J connectivity index is 2.09. The number of urea groups is 1. The van der Waals surface area contributed by atoms with E-state index in [1.54, 1.807) is 7.11 Å². The van der Waals surface area contributed by atoms with Crippen LogP contribution in [0.4, 0.5) is 4.79 Å². The number of nitrogens with zero attached hydrogens (tertiary/aromatic N) is 1. The van der Waals surface area contributed by atoms with Crippen molar-refractivity contribution < 1.29 is 9.53 Å². The van der Waals surface area contributed by atoms with Gasteiger partial charge in [0, 0.05) is 23.7 Å². The summed E-state index contributed by atoms with van der Waals surface area (Å²) in [4.78, 5) is 14.8. The predicted molar refractivity (Wildman–Crippen MR) is 92.4 cm³/mol. The van der Waals surface area contributed by atoms with E-state index in [0.717, 1.165) is 24.2 Å². The average Bonchev–Trinajstić information content (AvgIpc) is 2.42. The highest BCUT2D eigenvalue weighted by Gasteiger charge is 2.46. The van der Waals surface area contributed by atoms with Gasteiger partial charge < -0.3 is 20.7 Å². The van der Waals surface area contributed by atoms with Gasteiger partial charge in [0.2, 0.25) is 0 Å². The number of carbonyl (C=O) groups excluding carboxylic acids is 1. The first-order valence-electron chi connectivity index (χ1n) is 8.12. The average molecular weight is 319 g/mol. The molecule has 0 atom stereocenters. The first kappa shape index (κ1) is 17.6. The Labute approximate surface area is 139 Å². The normalized spacial score (nSPS) is 20.2. The molecule has 3 N–H and O–H groups in total. The Hall–Kier alpha value is -1.75. The summed E-state index contributed by atoms with van der Waals surface area (Å²) in [6.07, 6.45) is 1.62. The van der Waals surface area contributed by atoms with Gasteiger partial charge in [0.25, 0.3) is 0 Å². The number of benzene rings is 1. The van der Waals surface area contributed by atoms with E-state index in [4.69, 9.17) is 10.5 Å². The molecule has 0 radical (unpaired) electrons. The van der Waals surface area contributed by atoms with Crippen molar-refractivity contribution in [2.45, 2.75) is 64.2 Å². The molecule has 1 fully saturated rings. The quantitative estimate of drug-likeness (QED) is 0.900. The van der Waals surface area contributed by atoms with E-state index in [1.807, 2.05) is 29.2 Å². The Bertz CT molecular complexity index is 551. The van der Waals surface area contributed by atoms with Crippen LogP contribution in [0.25, 0.3) is 0 Å². The number of amides is 2. The molecule has 0 aromatic heterocycles. The van der Waals surface area contributed by atoms with Crippen LogP contribution in [0.1, 0.15) is 46.1 Å². The van der Waals surface area contributed by atoms with Crippen LogP contribution in [0.3, 0.4) is 0 Å². The SMILES string of the molecule is COc1cccc(CNC(=O)N2C(C)(C)CC(N)CC2(C)C)c1. The third kappa shape index (κ3) is 3.96. The van der Waals surface area contributed by atoms with Crippen LogP contribution in [-0.2, 0) is 6.54 Å². The van der Waals surface area contributed by atoms with Gasteiger partial charge in [-0.3, -0.25) is 0 Å². The zero-order valence-corrected chi connectivity index (χ0v) is 14.8. The molecule has 0 saturated carbocycles. The second-order valence-corrected chi connectivity index (χ2v) is 7.64. The molecule has 0 aliphatic carbocycles. The molecule has 0 unspecified atom stereocenters. The number of hydrogen-bond acceptors (Lipinski definition) is 3. The van der Waals surface area contributed by atoms with Crippen molar-refractivity contribution in [1.29, 1.82) is 0 Å². The third-order valence-corrected chi connectivity index (χ3v) is 4.52. The standard InChI is InChI=1S/C18H29N3O2/c1-17(2)10-14(19)11-18(3,4)21(17)16(22)20-12-13-7-6-8-15(9-13)23-5/h6-9,14H,10-12,19H2,1-5H3,(H,20,22). The molecule has 1 heterocycles. The first-order chi connectivity index (χ1) is 10.7. The number of piperidine rings is 1. The van der Waals surface area contributed by atoms with Crippen LogP contribution < -0.4 is 15.8 Å². The third-order valence-electron chi connectivity index (χ3n) is 4.52. The van der Waals surface area contributed by atoms with Crippen LogP contribution in [0.15, 0.2) is 24.3 Å². The van der Waals surface area contributed by atoms with Crippen LogP contribution in [0.2, 0.25) is 0 Å². The Morgan fingerprint density at radius 3 is 2.48 bits per heavy atom. The predicted octanol–water partition coefficient (Wildman–Crippen LogP) is 2.89. The lowest BCUT2D eigenvalue weighted by Crippen LogP contribution is -2.66. The number of nitrogens with one attached hydrogen (secondary N) is 1. The molecule has 1 aromatic rings. The summed E-state index contributed by atoms with van der Waals surface area (Å²) in [6, 6.07) is 7.81. The van der Waals surface area contributed by atoms with Crippen molar-refractivity contribution in [1.82, 2.24) is 10.2 Å². The van der Waals surface area contributed by atoms with E-state index in [-0.39, 0.29) is 23.2 Å². The summed E-state index contributed by atoms with van der Waals surface area (Å²) in [6.45, 7) is 8.81. The molecular formula is C18H29N3O2. The van der Waals surface area contributed by atoms with E-state index in [9.17, 15) is 4.79 Å². The highest BCUT2D eigenvalue weighted by Crippen LogP contribution is 2.37. The molecule has 1 saturated heterocycles. The van der Waals surface area contributed by atoms with Crippen molar-refractivity contribution in [2.75, 3.05) is 7.11 Å². The summed E-state index contributed by atoms with van der Waals surface area (Å²) < 4.78 is 5.22. The van der Waals surface area contributed by atoms with Gasteiger partial charge in [-0.2, -0.15) is 0 Å². The van der Waals surface area contributed by atoms with Gasteiger partial charge in [-0.1, -0.05) is 12.1 Å². The maximum absolute atomic E-state index is 12.8. The maximum atomic E-state index is 12.8. The van der Waals surface area contributed by atoms with Gasteiger partial charge in [0.05, 0.1) is 7.11 Å². The molecule has 2 rings (SSSR count). The van der Waals surface area contributed by atoms with Crippen LogP contribution in [-0.4, -0.2) is 35.2 Å². The molecule has 5 heteroatoms. The van der Waals surface area contributed by atoms with Crippen molar-refractivity contribution >= 4 is 6.03 Å². The zero-order valence-electron chi connectivity index (χ0n) is 14.8. The molecule has 2 amide bonds. The molecule has 0 spiro atoms. The number of hydrogen-bond donors (Lipinski definition) is 2. The van der Waals surface area contributed by atoms with Gasteiger partial charge in [-0.25, -0.2) is 4.79 Å². The van der Waals surface area contributed by atoms with Crippen LogP contribution in [0.5, 0.6) is 5.75 Å². The number of rotatable bonds is 3.